The van der Waals surface area contributed by atoms with E-state index in [4.69, 9.17) is 0 Å². The van der Waals surface area contributed by atoms with Crippen molar-refractivity contribution >= 4 is 39.2 Å². The van der Waals surface area contributed by atoms with Gasteiger partial charge in [0.15, 0.2) is 0 Å². The zero-order valence-corrected chi connectivity index (χ0v) is 11.3. The standard InChI is InChI=1S/C12H13N3OS2/c16-12(9-6-17-7-14-9)13-5-11-15-8-3-1-2-4-10(8)18-11/h1-4,9,14H,5-7H2,(H,13,16). The van der Waals surface area contributed by atoms with Crippen molar-refractivity contribution in [1.29, 1.82) is 0 Å². The van der Waals surface area contributed by atoms with Crippen LogP contribution in [0.4, 0.5) is 0 Å². The van der Waals surface area contributed by atoms with Gasteiger partial charge in [-0.2, -0.15) is 0 Å². The Hall–Kier alpha value is -1.11. The van der Waals surface area contributed by atoms with E-state index in [1.807, 2.05) is 24.3 Å². The molecule has 1 fully saturated rings. The second-order valence-electron chi connectivity index (χ2n) is 4.06. The third-order valence-corrected chi connectivity index (χ3v) is 4.76. The number of aromatic nitrogens is 1. The molecule has 1 atom stereocenters. The summed E-state index contributed by atoms with van der Waals surface area (Å²) in [5.74, 6) is 1.78. The number of carbonyl (C=O) groups excluding carboxylic acids is 1. The Bertz CT molecular complexity index is 530. The van der Waals surface area contributed by atoms with Crippen molar-refractivity contribution in [2.45, 2.75) is 12.6 Å². The molecule has 1 aliphatic rings. The molecule has 0 bridgehead atoms. The minimum absolute atomic E-state index is 0.0515. The number of benzene rings is 1. The fraction of sp³-hybridized carbons (Fsp3) is 0.333. The number of thiazole rings is 1. The highest BCUT2D eigenvalue weighted by molar-refractivity contribution is 7.99. The highest BCUT2D eigenvalue weighted by atomic mass is 32.2. The van der Waals surface area contributed by atoms with Gasteiger partial charge in [-0.3, -0.25) is 10.1 Å². The van der Waals surface area contributed by atoms with E-state index in [2.05, 4.69) is 15.6 Å². The largest absolute Gasteiger partial charge is 0.348 e. The van der Waals surface area contributed by atoms with Gasteiger partial charge < -0.3 is 5.32 Å². The third kappa shape index (κ3) is 2.50. The number of hydrogen-bond donors (Lipinski definition) is 2. The number of carbonyl (C=O) groups is 1. The fourth-order valence-electron chi connectivity index (χ4n) is 1.85. The maximum atomic E-state index is 11.8. The average Bonchev–Trinajstić information content (AvgIpc) is 3.04. The van der Waals surface area contributed by atoms with Crippen LogP contribution < -0.4 is 10.6 Å². The lowest BCUT2D eigenvalue weighted by atomic mass is 10.3. The predicted octanol–water partition coefficient (Wildman–Crippen LogP) is 1.57. The van der Waals surface area contributed by atoms with Crippen LogP contribution in [0.1, 0.15) is 5.01 Å². The lowest BCUT2D eigenvalue weighted by Gasteiger charge is -2.08. The molecule has 1 aromatic heterocycles. The van der Waals surface area contributed by atoms with Crippen molar-refractivity contribution in [3.63, 3.8) is 0 Å². The molecule has 94 valence electrons. The van der Waals surface area contributed by atoms with Crippen molar-refractivity contribution in [2.75, 3.05) is 11.6 Å². The first kappa shape index (κ1) is 12.0. The Balaban J connectivity index is 1.63. The Morgan fingerprint density at radius 2 is 2.39 bits per heavy atom. The minimum Gasteiger partial charge on any atom is -0.348 e. The normalized spacial score (nSPS) is 19.2. The number of hydrogen-bond acceptors (Lipinski definition) is 5. The summed E-state index contributed by atoms with van der Waals surface area (Å²) in [7, 11) is 0. The Morgan fingerprint density at radius 1 is 1.50 bits per heavy atom. The van der Waals surface area contributed by atoms with Crippen molar-refractivity contribution in [3.05, 3.63) is 29.3 Å². The Morgan fingerprint density at radius 3 is 3.17 bits per heavy atom. The first-order valence-electron chi connectivity index (χ1n) is 5.76. The van der Waals surface area contributed by atoms with Gasteiger partial charge in [-0.05, 0) is 12.1 Å². The number of nitrogens with zero attached hydrogens (tertiary/aromatic N) is 1. The van der Waals surface area contributed by atoms with Gasteiger partial charge in [0, 0.05) is 11.6 Å². The molecule has 0 spiro atoms. The molecule has 2 N–H and O–H groups in total. The van der Waals surface area contributed by atoms with Gasteiger partial charge in [0.1, 0.15) is 5.01 Å². The van der Waals surface area contributed by atoms with Gasteiger partial charge in [-0.1, -0.05) is 12.1 Å². The molecule has 2 aromatic rings. The van der Waals surface area contributed by atoms with Crippen LogP contribution in [-0.2, 0) is 11.3 Å². The van der Waals surface area contributed by atoms with Crippen LogP contribution in [0.2, 0.25) is 0 Å². The monoisotopic (exact) mass is 279 g/mol. The lowest BCUT2D eigenvalue weighted by Crippen LogP contribution is -2.41. The number of thioether (sulfide) groups is 1. The van der Waals surface area contributed by atoms with Gasteiger partial charge >= 0.3 is 0 Å². The summed E-state index contributed by atoms with van der Waals surface area (Å²) in [4.78, 5) is 16.3. The van der Waals surface area contributed by atoms with Gasteiger partial charge in [-0.25, -0.2) is 4.98 Å². The van der Waals surface area contributed by atoms with E-state index < -0.39 is 0 Å². The van der Waals surface area contributed by atoms with E-state index in [0.29, 0.717) is 6.54 Å². The van der Waals surface area contributed by atoms with Crippen LogP contribution in [-0.4, -0.2) is 28.6 Å². The molecule has 1 aliphatic heterocycles. The summed E-state index contributed by atoms with van der Waals surface area (Å²) in [5, 5.41) is 7.04. The summed E-state index contributed by atoms with van der Waals surface area (Å²) >= 11 is 3.38. The second kappa shape index (κ2) is 5.26. The topological polar surface area (TPSA) is 54.0 Å². The van der Waals surface area contributed by atoms with Gasteiger partial charge in [0.2, 0.25) is 5.91 Å². The highest BCUT2D eigenvalue weighted by Gasteiger charge is 2.22. The first-order valence-corrected chi connectivity index (χ1v) is 7.73. The SMILES string of the molecule is O=C(NCc1nc2ccccc2s1)C1CSCN1. The Kier molecular flexibility index (Phi) is 3.49. The van der Waals surface area contributed by atoms with Crippen LogP contribution in [0.3, 0.4) is 0 Å². The van der Waals surface area contributed by atoms with Crippen molar-refractivity contribution in [3.8, 4) is 0 Å². The van der Waals surface area contributed by atoms with E-state index in [1.54, 1.807) is 23.1 Å². The van der Waals surface area contributed by atoms with E-state index in [-0.39, 0.29) is 11.9 Å². The summed E-state index contributed by atoms with van der Waals surface area (Å²) in [5.41, 5.74) is 1.00. The molecule has 1 amide bonds. The average molecular weight is 279 g/mol. The van der Waals surface area contributed by atoms with E-state index in [0.717, 1.165) is 26.9 Å². The maximum Gasteiger partial charge on any atom is 0.238 e. The molecule has 1 unspecified atom stereocenters. The van der Waals surface area contributed by atoms with Crippen molar-refractivity contribution < 1.29 is 4.79 Å². The first-order chi connectivity index (χ1) is 8.83. The van der Waals surface area contributed by atoms with Crippen molar-refractivity contribution in [1.82, 2.24) is 15.6 Å². The van der Waals surface area contributed by atoms with Crippen LogP contribution >= 0.6 is 23.1 Å². The molecule has 18 heavy (non-hydrogen) atoms. The molecule has 4 nitrogen and oxygen atoms in total. The van der Waals surface area contributed by atoms with Crippen LogP contribution in [0, 0.1) is 0 Å². The number of fused-ring (bicyclic) bond motifs is 1. The van der Waals surface area contributed by atoms with E-state index in [1.165, 1.54) is 0 Å². The molecular weight excluding hydrogens is 266 g/mol. The molecule has 6 heteroatoms. The van der Waals surface area contributed by atoms with Gasteiger partial charge in [-0.15, -0.1) is 23.1 Å². The molecule has 3 rings (SSSR count). The maximum absolute atomic E-state index is 11.8. The molecule has 1 saturated heterocycles. The molecule has 1 aromatic carbocycles. The second-order valence-corrected chi connectivity index (χ2v) is 6.21. The zero-order valence-electron chi connectivity index (χ0n) is 9.68. The number of nitrogens with one attached hydrogen (secondary N) is 2. The number of para-hydroxylation sites is 1. The Labute approximate surface area is 113 Å². The molecule has 0 aliphatic carbocycles. The van der Waals surface area contributed by atoms with Gasteiger partial charge in [0.05, 0.1) is 22.8 Å². The summed E-state index contributed by atoms with van der Waals surface area (Å²) in [6.07, 6.45) is 0. The summed E-state index contributed by atoms with van der Waals surface area (Å²) in [6.45, 7) is 0.515. The fourth-order valence-corrected chi connectivity index (χ4v) is 3.69. The van der Waals surface area contributed by atoms with E-state index >= 15 is 0 Å². The smallest absolute Gasteiger partial charge is 0.238 e. The molecule has 0 saturated carbocycles. The minimum atomic E-state index is -0.0515. The lowest BCUT2D eigenvalue weighted by molar-refractivity contribution is -0.122. The van der Waals surface area contributed by atoms with Crippen LogP contribution in [0.25, 0.3) is 10.2 Å². The third-order valence-electron chi connectivity index (χ3n) is 2.78. The summed E-state index contributed by atoms with van der Waals surface area (Å²) < 4.78 is 1.16. The quantitative estimate of drug-likeness (QED) is 0.895. The summed E-state index contributed by atoms with van der Waals surface area (Å²) in [6, 6.07) is 7.97. The number of amides is 1. The van der Waals surface area contributed by atoms with Crippen LogP contribution in [0.15, 0.2) is 24.3 Å². The molecular formula is C12H13N3OS2. The molecule has 0 radical (unpaired) electrons. The van der Waals surface area contributed by atoms with Crippen LogP contribution in [0.5, 0.6) is 0 Å². The van der Waals surface area contributed by atoms with Gasteiger partial charge in [0.25, 0.3) is 0 Å². The zero-order chi connectivity index (χ0) is 12.4. The van der Waals surface area contributed by atoms with E-state index in [9.17, 15) is 4.79 Å². The number of rotatable bonds is 3. The van der Waals surface area contributed by atoms with Crippen molar-refractivity contribution in [2.24, 2.45) is 0 Å². The molecule has 2 heterocycles. The predicted molar refractivity (Wildman–Crippen MR) is 75.7 cm³/mol. The highest BCUT2D eigenvalue weighted by Crippen LogP contribution is 2.21.